The fourth-order valence-electron chi connectivity index (χ4n) is 0.810. The van der Waals surface area contributed by atoms with Gasteiger partial charge in [0.05, 0.1) is 0 Å². The number of nitrogens with one attached hydrogen (secondary N) is 1. The van der Waals surface area contributed by atoms with Crippen LogP contribution >= 0.6 is 0 Å². The molecule has 1 aromatic carbocycles. The Labute approximate surface area is 70.0 Å². The van der Waals surface area contributed by atoms with Gasteiger partial charge >= 0.3 is 6.09 Å². The first-order valence-electron chi connectivity index (χ1n) is 3.48. The van der Waals surface area contributed by atoms with E-state index in [9.17, 15) is 9.90 Å². The lowest BCUT2D eigenvalue weighted by Gasteiger charge is -1.99. The van der Waals surface area contributed by atoms with Gasteiger partial charge in [0.1, 0.15) is 0 Å². The Bertz CT molecular complexity index is 269. The molecule has 0 fully saturated rings. The summed E-state index contributed by atoms with van der Waals surface area (Å²) >= 11 is 0. The van der Waals surface area contributed by atoms with Crippen LogP contribution in [0.1, 0.15) is 5.56 Å². The number of benzene rings is 1. The smallest absolute Gasteiger partial charge is 0.399 e. The van der Waals surface area contributed by atoms with Crippen LogP contribution in [-0.4, -0.2) is 6.09 Å². The number of nitrogen functional groups attached to an aromatic ring is 1. The lowest BCUT2D eigenvalue weighted by atomic mass is 10.2. The van der Waals surface area contributed by atoms with Crippen molar-refractivity contribution in [2.24, 2.45) is 0 Å². The highest BCUT2D eigenvalue weighted by Crippen LogP contribution is 2.04. The van der Waals surface area contributed by atoms with Gasteiger partial charge < -0.3 is 11.1 Å². The zero-order valence-electron chi connectivity index (χ0n) is 6.41. The molecule has 4 nitrogen and oxygen atoms in total. The van der Waals surface area contributed by atoms with E-state index >= 15 is 0 Å². The van der Waals surface area contributed by atoms with E-state index in [4.69, 9.17) is 5.73 Å². The van der Waals surface area contributed by atoms with E-state index in [1.807, 2.05) is 0 Å². The van der Waals surface area contributed by atoms with Crippen LogP contribution in [0.15, 0.2) is 24.3 Å². The quantitative estimate of drug-likeness (QED) is 0.639. The summed E-state index contributed by atoms with van der Waals surface area (Å²) < 4.78 is 0. The van der Waals surface area contributed by atoms with Crippen LogP contribution in [0.3, 0.4) is 0 Å². The highest BCUT2D eigenvalue weighted by Gasteiger charge is 1.96. The molecule has 0 atom stereocenters. The Hall–Kier alpha value is -1.71. The molecule has 1 aromatic rings. The summed E-state index contributed by atoms with van der Waals surface area (Å²) in [5, 5.41) is 12.1. The van der Waals surface area contributed by atoms with Crippen LogP contribution in [-0.2, 0) is 11.7 Å². The summed E-state index contributed by atoms with van der Waals surface area (Å²) in [6.45, 7) is 0.253. The molecule has 0 unspecified atom stereocenters. The van der Waals surface area contributed by atoms with Gasteiger partial charge in [-0.2, -0.15) is 0 Å². The van der Waals surface area contributed by atoms with Crippen LogP contribution < -0.4 is 11.1 Å². The first kappa shape index (κ1) is 8.39. The summed E-state index contributed by atoms with van der Waals surface area (Å²) in [5.41, 5.74) is 6.95. The van der Waals surface area contributed by atoms with Crippen LogP contribution in [0, 0.1) is 0 Å². The van der Waals surface area contributed by atoms with Gasteiger partial charge in [0.15, 0.2) is 0 Å². The summed E-state index contributed by atoms with van der Waals surface area (Å²) in [5.74, 6) is 0. The van der Waals surface area contributed by atoms with Crippen LogP contribution in [0.2, 0.25) is 0 Å². The maximum atomic E-state index is 9.99. The first-order valence-corrected chi connectivity index (χ1v) is 3.48. The second kappa shape index (κ2) is 3.61. The van der Waals surface area contributed by atoms with Gasteiger partial charge in [0.2, 0.25) is 0 Å². The van der Waals surface area contributed by atoms with Crippen molar-refractivity contribution < 1.29 is 9.90 Å². The van der Waals surface area contributed by atoms with Crippen molar-refractivity contribution >= 4 is 11.8 Å². The zero-order valence-corrected chi connectivity index (χ0v) is 6.41. The number of rotatable bonds is 2. The van der Waals surface area contributed by atoms with Crippen LogP contribution in [0.5, 0.6) is 0 Å². The van der Waals surface area contributed by atoms with Crippen molar-refractivity contribution in [3.8, 4) is 0 Å². The third-order valence-electron chi connectivity index (χ3n) is 1.42. The Morgan fingerprint density at radius 1 is 1.33 bits per heavy atom. The van der Waals surface area contributed by atoms with Crippen LogP contribution in [0.4, 0.5) is 10.5 Å². The maximum absolute atomic E-state index is 9.99. The Kier molecular flexibility index (Phi) is 2.53. The molecule has 3 N–H and O–H groups in total. The SMILES string of the molecule is Nc1ccc(CNC([O])=O)cc1. The van der Waals surface area contributed by atoms with Gasteiger partial charge in [-0.15, -0.1) is 0 Å². The highest BCUT2D eigenvalue weighted by molar-refractivity contribution is 5.63. The predicted molar refractivity (Wildman–Crippen MR) is 43.8 cm³/mol. The van der Waals surface area contributed by atoms with E-state index in [1.165, 1.54) is 0 Å². The number of nitrogens with two attached hydrogens (primary N) is 1. The molecule has 0 aliphatic carbocycles. The number of carbonyl (C=O) groups is 1. The first-order chi connectivity index (χ1) is 5.68. The van der Waals surface area contributed by atoms with Crippen LogP contribution in [0.25, 0.3) is 0 Å². The number of amides is 1. The fourth-order valence-corrected chi connectivity index (χ4v) is 0.810. The van der Waals surface area contributed by atoms with E-state index in [-0.39, 0.29) is 6.54 Å². The molecule has 1 radical (unpaired) electrons. The number of hydrogen-bond donors (Lipinski definition) is 2. The molecule has 0 spiro atoms. The largest absolute Gasteiger partial charge is 0.450 e. The summed E-state index contributed by atoms with van der Waals surface area (Å²) in [6.07, 6.45) is -1.27. The molecule has 1 amide bonds. The standard InChI is InChI=1S/C8H9N2O2/c9-7-3-1-6(2-4-7)5-10-8(11)12/h1-4,10H,5,9H2. The molecule has 4 heteroatoms. The number of hydrogen-bond acceptors (Lipinski definition) is 2. The molecule has 0 aromatic heterocycles. The summed E-state index contributed by atoms with van der Waals surface area (Å²) in [7, 11) is 0. The predicted octanol–water partition coefficient (Wildman–Crippen LogP) is 0.909. The molecule has 0 heterocycles. The average molecular weight is 165 g/mol. The minimum atomic E-state index is -1.27. The molecule has 63 valence electrons. The second-order valence-electron chi connectivity index (χ2n) is 2.38. The van der Waals surface area contributed by atoms with Crippen molar-refractivity contribution in [3.63, 3.8) is 0 Å². The molecule has 0 saturated carbocycles. The van der Waals surface area contributed by atoms with Gasteiger partial charge in [0.25, 0.3) is 0 Å². The van der Waals surface area contributed by atoms with Gasteiger partial charge in [-0.25, -0.2) is 9.90 Å². The lowest BCUT2D eigenvalue weighted by Crippen LogP contribution is -2.18. The zero-order chi connectivity index (χ0) is 8.97. The highest BCUT2D eigenvalue weighted by atomic mass is 16.4. The average Bonchev–Trinajstić information content (AvgIpc) is 2.03. The van der Waals surface area contributed by atoms with Crippen molar-refractivity contribution in [3.05, 3.63) is 29.8 Å². The van der Waals surface area contributed by atoms with E-state index in [1.54, 1.807) is 24.3 Å². The normalized spacial score (nSPS) is 9.33. The summed E-state index contributed by atoms with van der Waals surface area (Å²) in [6, 6.07) is 6.94. The third-order valence-corrected chi connectivity index (χ3v) is 1.42. The van der Waals surface area contributed by atoms with Gasteiger partial charge in [-0.1, -0.05) is 12.1 Å². The molecule has 0 bridgehead atoms. The fraction of sp³-hybridized carbons (Fsp3) is 0.125. The molecule has 0 aliphatic heterocycles. The van der Waals surface area contributed by atoms with Crippen molar-refractivity contribution in [2.75, 3.05) is 5.73 Å². The lowest BCUT2D eigenvalue weighted by molar-refractivity contribution is 0.168. The van der Waals surface area contributed by atoms with Crippen molar-refractivity contribution in [1.29, 1.82) is 0 Å². The molecule has 0 saturated heterocycles. The Morgan fingerprint density at radius 3 is 2.42 bits per heavy atom. The molecular weight excluding hydrogens is 156 g/mol. The Balaban J connectivity index is 2.53. The number of anilines is 1. The monoisotopic (exact) mass is 165 g/mol. The minimum absolute atomic E-state index is 0.253. The van der Waals surface area contributed by atoms with Crippen molar-refractivity contribution in [1.82, 2.24) is 5.32 Å². The van der Waals surface area contributed by atoms with Gasteiger partial charge in [-0.05, 0) is 17.7 Å². The maximum Gasteiger partial charge on any atom is 0.450 e. The Morgan fingerprint density at radius 2 is 1.92 bits per heavy atom. The minimum Gasteiger partial charge on any atom is -0.399 e. The van der Waals surface area contributed by atoms with E-state index in [0.29, 0.717) is 5.69 Å². The summed E-state index contributed by atoms with van der Waals surface area (Å²) in [4.78, 5) is 9.99. The molecule has 1 rings (SSSR count). The number of carbonyl (C=O) groups excluding carboxylic acids is 1. The topological polar surface area (TPSA) is 75.0 Å². The molecular formula is C8H9N2O2. The van der Waals surface area contributed by atoms with Gasteiger partial charge in [0, 0.05) is 12.2 Å². The van der Waals surface area contributed by atoms with E-state index < -0.39 is 6.09 Å². The molecule has 12 heavy (non-hydrogen) atoms. The molecule has 0 aliphatic rings. The second-order valence-corrected chi connectivity index (χ2v) is 2.38. The van der Waals surface area contributed by atoms with Crippen molar-refractivity contribution in [2.45, 2.75) is 6.54 Å². The third kappa shape index (κ3) is 2.49. The van der Waals surface area contributed by atoms with E-state index in [2.05, 4.69) is 5.32 Å². The van der Waals surface area contributed by atoms with E-state index in [0.717, 1.165) is 5.56 Å². The van der Waals surface area contributed by atoms with Gasteiger partial charge in [-0.3, -0.25) is 0 Å².